The van der Waals surface area contributed by atoms with Gasteiger partial charge in [-0.05, 0) is 18.4 Å². The SMILES string of the molecule is Cc1csc(NC(=O)CSc2nnc(-c3cccs3)n2CCC(N)=O)n1. The second-order valence-electron chi connectivity index (χ2n) is 5.28. The molecule has 11 heteroatoms. The number of carbonyl (C=O) groups excluding carboxylic acids is 2. The van der Waals surface area contributed by atoms with Crippen LogP contribution in [0.2, 0.25) is 0 Å². The van der Waals surface area contributed by atoms with E-state index >= 15 is 0 Å². The lowest BCUT2D eigenvalue weighted by atomic mass is 10.4. The first-order valence-corrected chi connectivity index (χ1v) is 10.4. The third-order valence-corrected chi connectivity index (χ3v) is 5.95. The van der Waals surface area contributed by atoms with Crippen LogP contribution in [0.1, 0.15) is 12.1 Å². The fraction of sp³-hybridized carbons (Fsp3) is 0.267. The molecule has 2 amide bonds. The quantitative estimate of drug-likeness (QED) is 0.553. The van der Waals surface area contributed by atoms with E-state index in [2.05, 4.69) is 20.5 Å². The zero-order valence-corrected chi connectivity index (χ0v) is 16.3. The minimum absolute atomic E-state index is 0.164. The molecule has 0 radical (unpaired) electrons. The van der Waals surface area contributed by atoms with Crippen molar-refractivity contribution >= 4 is 51.4 Å². The number of thiazole rings is 1. The van der Waals surface area contributed by atoms with Gasteiger partial charge in [0.15, 0.2) is 16.1 Å². The van der Waals surface area contributed by atoms with Crippen LogP contribution in [-0.2, 0) is 16.1 Å². The van der Waals surface area contributed by atoms with Crippen LogP contribution in [0.5, 0.6) is 0 Å². The summed E-state index contributed by atoms with van der Waals surface area (Å²) < 4.78 is 1.82. The van der Waals surface area contributed by atoms with Crippen LogP contribution in [0.3, 0.4) is 0 Å². The topological polar surface area (TPSA) is 116 Å². The number of anilines is 1. The minimum Gasteiger partial charge on any atom is -0.370 e. The van der Waals surface area contributed by atoms with Crippen LogP contribution >= 0.6 is 34.4 Å². The summed E-state index contributed by atoms with van der Waals surface area (Å²) in [7, 11) is 0. The largest absolute Gasteiger partial charge is 0.370 e. The van der Waals surface area contributed by atoms with Crippen molar-refractivity contribution in [2.24, 2.45) is 5.73 Å². The monoisotopic (exact) mass is 408 g/mol. The highest BCUT2D eigenvalue weighted by atomic mass is 32.2. The average Bonchev–Trinajstić information content (AvgIpc) is 3.31. The molecule has 136 valence electrons. The van der Waals surface area contributed by atoms with E-state index in [-0.39, 0.29) is 18.1 Å². The van der Waals surface area contributed by atoms with Crippen LogP contribution in [0.15, 0.2) is 28.0 Å². The van der Waals surface area contributed by atoms with E-state index < -0.39 is 5.91 Å². The van der Waals surface area contributed by atoms with Gasteiger partial charge in [-0.2, -0.15) is 0 Å². The molecule has 0 fully saturated rings. The molecule has 0 aromatic carbocycles. The van der Waals surface area contributed by atoms with Crippen molar-refractivity contribution in [1.29, 1.82) is 0 Å². The molecule has 0 spiro atoms. The standard InChI is InChI=1S/C15H16N6O2S3/c1-9-7-25-14(17-9)18-12(23)8-26-15-20-19-13(10-3-2-6-24-10)21(15)5-4-11(16)22/h2-3,6-7H,4-5,8H2,1H3,(H2,16,22)(H,17,18,23). The number of nitrogens with two attached hydrogens (primary N) is 1. The average molecular weight is 409 g/mol. The molecular formula is C15H16N6O2S3. The van der Waals surface area contributed by atoms with Crippen molar-refractivity contribution in [2.45, 2.75) is 25.0 Å². The summed E-state index contributed by atoms with van der Waals surface area (Å²) in [5.41, 5.74) is 6.14. The van der Waals surface area contributed by atoms with Crippen molar-refractivity contribution in [3.63, 3.8) is 0 Å². The summed E-state index contributed by atoms with van der Waals surface area (Å²) >= 11 is 4.17. The maximum absolute atomic E-state index is 12.1. The molecular weight excluding hydrogens is 392 g/mol. The van der Waals surface area contributed by atoms with Gasteiger partial charge in [-0.3, -0.25) is 9.59 Å². The first kappa shape index (κ1) is 18.5. The van der Waals surface area contributed by atoms with Gasteiger partial charge in [0, 0.05) is 18.3 Å². The van der Waals surface area contributed by atoms with Gasteiger partial charge in [-0.15, -0.1) is 32.9 Å². The molecule has 3 heterocycles. The number of hydrogen-bond donors (Lipinski definition) is 2. The van der Waals surface area contributed by atoms with Gasteiger partial charge < -0.3 is 15.6 Å². The zero-order chi connectivity index (χ0) is 18.5. The van der Waals surface area contributed by atoms with E-state index in [0.29, 0.717) is 22.7 Å². The Balaban J connectivity index is 1.70. The highest BCUT2D eigenvalue weighted by Crippen LogP contribution is 2.27. The second kappa shape index (κ2) is 8.43. The first-order valence-electron chi connectivity index (χ1n) is 7.63. The van der Waals surface area contributed by atoms with Crippen molar-refractivity contribution in [1.82, 2.24) is 19.7 Å². The number of carbonyl (C=O) groups is 2. The van der Waals surface area contributed by atoms with E-state index in [1.54, 1.807) is 0 Å². The van der Waals surface area contributed by atoms with Crippen molar-refractivity contribution < 1.29 is 9.59 Å². The predicted octanol–water partition coefficient (Wildman–Crippen LogP) is 2.38. The van der Waals surface area contributed by atoms with Gasteiger partial charge in [0.25, 0.3) is 0 Å². The Morgan fingerprint density at radius 1 is 1.35 bits per heavy atom. The molecule has 8 nitrogen and oxygen atoms in total. The lowest BCUT2D eigenvalue weighted by Gasteiger charge is -2.08. The van der Waals surface area contributed by atoms with Crippen LogP contribution in [-0.4, -0.2) is 37.3 Å². The molecule has 3 aromatic heterocycles. The van der Waals surface area contributed by atoms with E-state index in [9.17, 15) is 9.59 Å². The summed E-state index contributed by atoms with van der Waals surface area (Å²) in [5.74, 6) is 0.257. The molecule has 0 bridgehead atoms. The van der Waals surface area contributed by atoms with E-state index in [0.717, 1.165) is 10.6 Å². The van der Waals surface area contributed by atoms with Gasteiger partial charge in [-0.25, -0.2) is 4.98 Å². The van der Waals surface area contributed by atoms with Crippen molar-refractivity contribution in [3.8, 4) is 10.7 Å². The Bertz CT molecular complexity index is 903. The number of thiophene rings is 1. The molecule has 0 aliphatic heterocycles. The molecule has 3 N–H and O–H groups in total. The summed E-state index contributed by atoms with van der Waals surface area (Å²) in [5, 5.41) is 16.1. The van der Waals surface area contributed by atoms with Gasteiger partial charge in [0.05, 0.1) is 16.3 Å². The van der Waals surface area contributed by atoms with Gasteiger partial charge >= 0.3 is 0 Å². The van der Waals surface area contributed by atoms with Gasteiger partial charge in [0.1, 0.15) is 0 Å². The molecule has 0 aliphatic carbocycles. The first-order chi connectivity index (χ1) is 12.5. The predicted molar refractivity (Wildman–Crippen MR) is 103 cm³/mol. The third-order valence-electron chi connectivity index (χ3n) is 3.24. The molecule has 0 atom stereocenters. The Hall–Kier alpha value is -2.24. The van der Waals surface area contributed by atoms with E-state index in [1.165, 1.54) is 34.4 Å². The number of hydrogen-bond acceptors (Lipinski definition) is 8. The maximum Gasteiger partial charge on any atom is 0.236 e. The van der Waals surface area contributed by atoms with Crippen LogP contribution in [0, 0.1) is 6.92 Å². The number of thioether (sulfide) groups is 1. The summed E-state index contributed by atoms with van der Waals surface area (Å²) in [4.78, 5) is 28.4. The third kappa shape index (κ3) is 4.68. The van der Waals surface area contributed by atoms with Crippen molar-refractivity contribution in [3.05, 3.63) is 28.6 Å². The fourth-order valence-electron chi connectivity index (χ4n) is 2.10. The summed E-state index contributed by atoms with van der Waals surface area (Å²) in [6.07, 6.45) is 0.175. The van der Waals surface area contributed by atoms with Crippen LogP contribution in [0.25, 0.3) is 10.7 Å². The maximum atomic E-state index is 12.1. The number of aryl methyl sites for hydroxylation is 1. The van der Waals surface area contributed by atoms with Crippen LogP contribution in [0.4, 0.5) is 5.13 Å². The Labute approximate surface area is 161 Å². The highest BCUT2D eigenvalue weighted by Gasteiger charge is 2.17. The smallest absolute Gasteiger partial charge is 0.236 e. The summed E-state index contributed by atoms with van der Waals surface area (Å²) in [6.45, 7) is 2.24. The number of nitrogens with zero attached hydrogens (tertiary/aromatic N) is 4. The van der Waals surface area contributed by atoms with E-state index in [4.69, 9.17) is 5.73 Å². The lowest BCUT2D eigenvalue weighted by molar-refractivity contribution is -0.118. The lowest BCUT2D eigenvalue weighted by Crippen LogP contribution is -2.16. The molecule has 3 rings (SSSR count). The Kier molecular flexibility index (Phi) is 6.01. The molecule has 0 aliphatic rings. The van der Waals surface area contributed by atoms with Crippen molar-refractivity contribution in [2.75, 3.05) is 11.1 Å². The fourth-order valence-corrected chi connectivity index (χ4v) is 4.29. The van der Waals surface area contributed by atoms with E-state index in [1.807, 2.05) is 34.4 Å². The molecule has 3 aromatic rings. The molecule has 26 heavy (non-hydrogen) atoms. The summed E-state index contributed by atoms with van der Waals surface area (Å²) in [6, 6.07) is 3.85. The number of rotatable bonds is 8. The molecule has 0 saturated carbocycles. The normalized spacial score (nSPS) is 10.8. The number of primary amides is 1. The van der Waals surface area contributed by atoms with Gasteiger partial charge in [-0.1, -0.05) is 17.8 Å². The minimum atomic E-state index is -0.399. The second-order valence-corrected chi connectivity index (χ2v) is 8.03. The molecule has 0 unspecified atom stereocenters. The Morgan fingerprint density at radius 2 is 2.19 bits per heavy atom. The number of amides is 2. The zero-order valence-electron chi connectivity index (χ0n) is 13.8. The van der Waals surface area contributed by atoms with Gasteiger partial charge in [0.2, 0.25) is 11.8 Å². The number of nitrogens with one attached hydrogen (secondary N) is 1. The number of aromatic nitrogens is 4. The van der Waals surface area contributed by atoms with Crippen LogP contribution < -0.4 is 11.1 Å². The Morgan fingerprint density at radius 3 is 2.85 bits per heavy atom. The highest BCUT2D eigenvalue weighted by molar-refractivity contribution is 7.99. The molecule has 0 saturated heterocycles.